The van der Waals surface area contributed by atoms with Crippen LogP contribution in [0.2, 0.25) is 0 Å². The van der Waals surface area contributed by atoms with Crippen LogP contribution in [0.5, 0.6) is 0 Å². The maximum absolute atomic E-state index is 11.9. The largest absolute Gasteiger partial charge is 0.465 e. The third-order valence-corrected chi connectivity index (χ3v) is 4.22. The molecular weight excluding hydrogens is 294 g/mol. The van der Waals surface area contributed by atoms with Gasteiger partial charge in [-0.25, -0.2) is 9.59 Å². The minimum Gasteiger partial charge on any atom is -0.465 e. The monoisotopic (exact) mass is 315 g/mol. The molecule has 118 valence electrons. The lowest BCUT2D eigenvalue weighted by Gasteiger charge is -2.20. The highest BCUT2D eigenvalue weighted by Gasteiger charge is 2.28. The molecule has 0 fully saturated rings. The summed E-state index contributed by atoms with van der Waals surface area (Å²) in [6, 6.07) is 0. The van der Waals surface area contributed by atoms with E-state index >= 15 is 0 Å². The van der Waals surface area contributed by atoms with Crippen LogP contribution >= 0.6 is 11.3 Å². The SMILES string of the molecule is COC(=O)c1sc(N(C)CCN(C)C)c(C(=O)OC)c1N. The van der Waals surface area contributed by atoms with E-state index in [2.05, 4.69) is 4.74 Å². The third-order valence-electron chi connectivity index (χ3n) is 2.92. The topological polar surface area (TPSA) is 85.1 Å². The first-order valence-electron chi connectivity index (χ1n) is 6.28. The van der Waals surface area contributed by atoms with E-state index in [0.29, 0.717) is 11.5 Å². The highest BCUT2D eigenvalue weighted by Crippen LogP contribution is 2.38. The standard InChI is InChI=1S/C13H21N3O4S/c1-15(2)6-7-16(3)11-8(12(17)19-4)9(14)10(21-11)13(18)20-5/h6-7,14H2,1-5H3. The third kappa shape index (κ3) is 3.85. The Balaban J connectivity index is 3.22. The van der Waals surface area contributed by atoms with Gasteiger partial charge in [0.05, 0.1) is 19.9 Å². The van der Waals surface area contributed by atoms with Crippen LogP contribution in [0.1, 0.15) is 20.0 Å². The number of ether oxygens (including phenoxy) is 2. The molecule has 8 heteroatoms. The molecule has 7 nitrogen and oxygen atoms in total. The van der Waals surface area contributed by atoms with Crippen molar-refractivity contribution in [1.29, 1.82) is 0 Å². The smallest absolute Gasteiger partial charge is 0.350 e. The Labute approximate surface area is 128 Å². The summed E-state index contributed by atoms with van der Waals surface area (Å²) >= 11 is 1.13. The molecule has 0 unspecified atom stereocenters. The minimum atomic E-state index is -0.564. The van der Waals surface area contributed by atoms with Crippen LogP contribution in [0, 0.1) is 0 Å². The second-order valence-electron chi connectivity index (χ2n) is 4.73. The molecule has 1 heterocycles. The van der Waals surface area contributed by atoms with Gasteiger partial charge in [-0.1, -0.05) is 0 Å². The summed E-state index contributed by atoms with van der Waals surface area (Å²) in [6.45, 7) is 1.47. The first-order valence-corrected chi connectivity index (χ1v) is 7.09. The number of rotatable bonds is 6. The predicted molar refractivity (Wildman–Crippen MR) is 83.2 cm³/mol. The number of nitrogens with two attached hydrogens (primary N) is 1. The number of methoxy groups -OCH3 is 2. The highest BCUT2D eigenvalue weighted by molar-refractivity contribution is 7.19. The molecule has 1 aromatic rings. The zero-order valence-corrected chi connectivity index (χ0v) is 13.7. The molecule has 0 atom stereocenters. The van der Waals surface area contributed by atoms with Crippen molar-refractivity contribution in [3.63, 3.8) is 0 Å². The van der Waals surface area contributed by atoms with Crippen molar-refractivity contribution in [2.24, 2.45) is 0 Å². The van der Waals surface area contributed by atoms with Crippen LogP contribution in [-0.4, -0.2) is 65.3 Å². The van der Waals surface area contributed by atoms with Crippen molar-refractivity contribution in [2.45, 2.75) is 0 Å². The quantitative estimate of drug-likeness (QED) is 0.781. The number of nitrogens with zero attached hydrogens (tertiary/aromatic N) is 2. The number of likely N-dealkylation sites (N-methyl/N-ethyl adjacent to an activating group) is 2. The van der Waals surface area contributed by atoms with Crippen molar-refractivity contribution >= 4 is 34.0 Å². The molecule has 21 heavy (non-hydrogen) atoms. The average molecular weight is 315 g/mol. The molecule has 1 rings (SSSR count). The molecule has 0 aromatic carbocycles. The van der Waals surface area contributed by atoms with Gasteiger partial charge in [-0.3, -0.25) is 0 Å². The van der Waals surface area contributed by atoms with E-state index < -0.39 is 11.9 Å². The number of esters is 2. The van der Waals surface area contributed by atoms with Gasteiger partial charge in [-0.05, 0) is 14.1 Å². The highest BCUT2D eigenvalue weighted by atomic mass is 32.1. The van der Waals surface area contributed by atoms with Gasteiger partial charge in [-0.2, -0.15) is 0 Å². The van der Waals surface area contributed by atoms with Gasteiger partial charge in [0, 0.05) is 20.1 Å². The summed E-state index contributed by atoms with van der Waals surface area (Å²) in [7, 11) is 8.30. The number of carbonyl (C=O) groups is 2. The lowest BCUT2D eigenvalue weighted by molar-refractivity contribution is 0.0602. The second-order valence-corrected chi connectivity index (χ2v) is 5.73. The molecule has 0 aliphatic heterocycles. The average Bonchev–Trinajstić information content (AvgIpc) is 2.80. The molecule has 0 aliphatic carbocycles. The molecule has 0 amide bonds. The number of nitrogen functional groups attached to an aromatic ring is 1. The molecule has 2 N–H and O–H groups in total. The number of hydrogen-bond donors (Lipinski definition) is 1. The first kappa shape index (κ1) is 17.3. The molecule has 0 saturated carbocycles. The molecule has 0 radical (unpaired) electrons. The van der Waals surface area contributed by atoms with Gasteiger partial charge >= 0.3 is 11.9 Å². The molecular formula is C13H21N3O4S. The van der Waals surface area contributed by atoms with E-state index in [1.807, 2.05) is 30.9 Å². The summed E-state index contributed by atoms with van der Waals surface area (Å²) in [5, 5.41) is 0.599. The normalized spacial score (nSPS) is 10.6. The molecule has 0 saturated heterocycles. The van der Waals surface area contributed by atoms with Crippen molar-refractivity contribution in [3.8, 4) is 0 Å². The number of carbonyl (C=O) groups excluding carboxylic acids is 2. The van der Waals surface area contributed by atoms with Crippen LogP contribution in [0.3, 0.4) is 0 Å². The maximum Gasteiger partial charge on any atom is 0.350 e. The van der Waals surface area contributed by atoms with Gasteiger partial charge in [0.2, 0.25) is 0 Å². The fraction of sp³-hybridized carbons (Fsp3) is 0.538. The van der Waals surface area contributed by atoms with Crippen LogP contribution in [0.15, 0.2) is 0 Å². The van der Waals surface area contributed by atoms with Gasteiger partial charge < -0.3 is 25.0 Å². The first-order chi connectivity index (χ1) is 9.83. The Morgan fingerprint density at radius 3 is 2.14 bits per heavy atom. The van der Waals surface area contributed by atoms with E-state index in [1.165, 1.54) is 14.2 Å². The molecule has 1 aromatic heterocycles. The van der Waals surface area contributed by atoms with Crippen molar-refractivity contribution < 1.29 is 19.1 Å². The predicted octanol–water partition coefficient (Wildman–Crippen LogP) is 0.901. The number of anilines is 2. The summed E-state index contributed by atoms with van der Waals surface area (Å²) in [6.07, 6.45) is 0. The zero-order chi connectivity index (χ0) is 16.2. The summed E-state index contributed by atoms with van der Waals surface area (Å²) in [5.41, 5.74) is 6.24. The Bertz CT molecular complexity index is 528. The zero-order valence-electron chi connectivity index (χ0n) is 12.9. The van der Waals surface area contributed by atoms with Gasteiger partial charge in [-0.15, -0.1) is 11.3 Å². The van der Waals surface area contributed by atoms with E-state index in [4.69, 9.17) is 10.5 Å². The fourth-order valence-electron chi connectivity index (χ4n) is 1.70. The summed E-state index contributed by atoms with van der Waals surface area (Å²) in [4.78, 5) is 27.8. The minimum absolute atomic E-state index is 0.102. The maximum atomic E-state index is 11.9. The van der Waals surface area contributed by atoms with Gasteiger partial charge in [0.25, 0.3) is 0 Å². The van der Waals surface area contributed by atoms with Crippen LogP contribution in [0.4, 0.5) is 10.7 Å². The molecule has 0 aliphatic rings. The van der Waals surface area contributed by atoms with E-state index in [9.17, 15) is 9.59 Å². The fourth-order valence-corrected chi connectivity index (χ4v) is 2.81. The number of hydrogen-bond acceptors (Lipinski definition) is 8. The molecule has 0 bridgehead atoms. The Kier molecular flexibility index (Phi) is 5.98. The second kappa shape index (κ2) is 7.28. The lowest BCUT2D eigenvalue weighted by Crippen LogP contribution is -2.29. The van der Waals surface area contributed by atoms with Crippen LogP contribution < -0.4 is 10.6 Å². The lowest BCUT2D eigenvalue weighted by atomic mass is 10.2. The molecule has 0 spiro atoms. The van der Waals surface area contributed by atoms with Crippen molar-refractivity contribution in [2.75, 3.05) is 59.1 Å². The van der Waals surface area contributed by atoms with Gasteiger partial charge in [0.1, 0.15) is 15.4 Å². The Morgan fingerprint density at radius 1 is 1.10 bits per heavy atom. The summed E-state index contributed by atoms with van der Waals surface area (Å²) in [5.74, 6) is -1.12. The van der Waals surface area contributed by atoms with Crippen molar-refractivity contribution in [3.05, 3.63) is 10.4 Å². The summed E-state index contributed by atoms with van der Waals surface area (Å²) < 4.78 is 9.45. The van der Waals surface area contributed by atoms with E-state index in [-0.39, 0.29) is 16.1 Å². The number of thiophene rings is 1. The Morgan fingerprint density at radius 2 is 1.67 bits per heavy atom. The van der Waals surface area contributed by atoms with E-state index in [0.717, 1.165) is 17.9 Å². The van der Waals surface area contributed by atoms with Crippen molar-refractivity contribution in [1.82, 2.24) is 4.90 Å². The Hall–Kier alpha value is -1.80. The van der Waals surface area contributed by atoms with E-state index in [1.54, 1.807) is 0 Å². The van der Waals surface area contributed by atoms with Crippen LogP contribution in [-0.2, 0) is 9.47 Å². The van der Waals surface area contributed by atoms with Crippen LogP contribution in [0.25, 0.3) is 0 Å². The van der Waals surface area contributed by atoms with Gasteiger partial charge in [0.15, 0.2) is 0 Å².